The van der Waals surface area contributed by atoms with Gasteiger partial charge >= 0.3 is 5.97 Å². The molecule has 2 heterocycles. The lowest BCUT2D eigenvalue weighted by Gasteiger charge is -2.12. The maximum absolute atomic E-state index is 12.8. The van der Waals surface area contributed by atoms with Gasteiger partial charge in [0.15, 0.2) is 6.61 Å². The van der Waals surface area contributed by atoms with Gasteiger partial charge in [-0.15, -0.1) is 0 Å². The van der Waals surface area contributed by atoms with Crippen LogP contribution in [0.15, 0.2) is 47.1 Å². The Hall–Kier alpha value is -3.41. The first-order valence-electron chi connectivity index (χ1n) is 8.71. The fourth-order valence-corrected chi connectivity index (χ4v) is 3.33. The van der Waals surface area contributed by atoms with Crippen LogP contribution in [0.4, 0.5) is 0 Å². The number of nitrogens with one attached hydrogen (secondary N) is 1. The summed E-state index contributed by atoms with van der Waals surface area (Å²) in [5.41, 5.74) is 3.87. The summed E-state index contributed by atoms with van der Waals surface area (Å²) < 4.78 is 10.7. The molecule has 0 saturated heterocycles. The third-order valence-corrected chi connectivity index (χ3v) is 4.62. The van der Waals surface area contributed by atoms with E-state index in [1.807, 2.05) is 42.5 Å². The molecular formula is C21H18N2O4. The van der Waals surface area contributed by atoms with Gasteiger partial charge in [0.2, 0.25) is 0 Å². The number of aromatic nitrogens is 1. The van der Waals surface area contributed by atoms with Gasteiger partial charge in [0.05, 0.1) is 23.0 Å². The summed E-state index contributed by atoms with van der Waals surface area (Å²) in [5.74, 6) is -0.110. The molecule has 0 spiro atoms. The highest BCUT2D eigenvalue weighted by Crippen LogP contribution is 2.37. The van der Waals surface area contributed by atoms with Crippen molar-refractivity contribution < 1.29 is 18.7 Å². The number of ether oxygens (including phenoxy) is 1. The molecule has 1 amide bonds. The number of allylic oxidation sites excluding steroid dienone is 1. The quantitative estimate of drug-likeness (QED) is 0.721. The second-order valence-electron chi connectivity index (χ2n) is 6.27. The van der Waals surface area contributed by atoms with Crippen LogP contribution in [0.3, 0.4) is 0 Å². The molecule has 0 aliphatic heterocycles. The molecule has 0 saturated carbocycles. The van der Waals surface area contributed by atoms with Crippen molar-refractivity contribution in [1.29, 1.82) is 0 Å². The van der Waals surface area contributed by atoms with Crippen molar-refractivity contribution in [3.63, 3.8) is 0 Å². The second-order valence-corrected chi connectivity index (χ2v) is 6.27. The minimum Gasteiger partial charge on any atom is -0.465 e. The molecular weight excluding hydrogens is 344 g/mol. The number of carbonyl (C=O) groups is 2. The molecule has 0 radical (unpaired) electrons. The smallest absolute Gasteiger partial charge is 0.339 e. The Morgan fingerprint density at radius 1 is 1.22 bits per heavy atom. The van der Waals surface area contributed by atoms with E-state index in [2.05, 4.69) is 5.32 Å². The van der Waals surface area contributed by atoms with Crippen LogP contribution >= 0.6 is 0 Å². The van der Waals surface area contributed by atoms with Crippen molar-refractivity contribution in [2.24, 2.45) is 0 Å². The molecule has 1 N–H and O–H groups in total. The van der Waals surface area contributed by atoms with Crippen LogP contribution in [-0.2, 0) is 16.0 Å². The molecule has 1 aliphatic carbocycles. The van der Waals surface area contributed by atoms with E-state index in [0.29, 0.717) is 12.0 Å². The second kappa shape index (κ2) is 7.07. The molecule has 2 aromatic heterocycles. The molecule has 3 aromatic rings. The third kappa shape index (κ3) is 3.21. The summed E-state index contributed by atoms with van der Waals surface area (Å²) in [4.78, 5) is 29.0. The first-order chi connectivity index (χ1) is 13.2. The number of hydrogen-bond acceptors (Lipinski definition) is 5. The van der Waals surface area contributed by atoms with Gasteiger partial charge in [-0.05, 0) is 48.3 Å². The Labute approximate surface area is 155 Å². The third-order valence-electron chi connectivity index (χ3n) is 4.62. The number of para-hydroxylation sites is 1. The lowest BCUT2D eigenvalue weighted by atomic mass is 10.0. The van der Waals surface area contributed by atoms with E-state index >= 15 is 0 Å². The van der Waals surface area contributed by atoms with E-state index in [0.717, 1.165) is 39.9 Å². The summed E-state index contributed by atoms with van der Waals surface area (Å²) in [5, 5.41) is 3.18. The molecule has 0 atom stereocenters. The van der Waals surface area contributed by atoms with Crippen molar-refractivity contribution in [1.82, 2.24) is 10.3 Å². The van der Waals surface area contributed by atoms with Gasteiger partial charge in [-0.2, -0.15) is 0 Å². The number of carbonyl (C=O) groups excluding carboxylic acids is 2. The molecule has 0 fully saturated rings. The van der Waals surface area contributed by atoms with E-state index < -0.39 is 5.97 Å². The minimum atomic E-state index is -0.507. The molecule has 6 heteroatoms. The summed E-state index contributed by atoms with van der Waals surface area (Å²) in [6.45, 7) is -0.310. The largest absolute Gasteiger partial charge is 0.465 e. The predicted molar refractivity (Wildman–Crippen MR) is 101 cm³/mol. The Bertz CT molecular complexity index is 1050. The SMILES string of the molecule is CNC(=O)COC(=O)c1c2c(nc3ccccc13)C(=Cc1ccco1)CC2. The van der Waals surface area contributed by atoms with Crippen LogP contribution in [0.5, 0.6) is 0 Å². The highest BCUT2D eigenvalue weighted by atomic mass is 16.5. The molecule has 0 unspecified atom stereocenters. The van der Waals surface area contributed by atoms with Gasteiger partial charge in [0, 0.05) is 12.4 Å². The average molecular weight is 362 g/mol. The number of hydrogen-bond donors (Lipinski definition) is 1. The zero-order valence-corrected chi connectivity index (χ0v) is 14.8. The van der Waals surface area contributed by atoms with Crippen LogP contribution in [0.2, 0.25) is 0 Å². The van der Waals surface area contributed by atoms with Crippen molar-refractivity contribution in [2.75, 3.05) is 13.7 Å². The lowest BCUT2D eigenvalue weighted by molar-refractivity contribution is -0.123. The van der Waals surface area contributed by atoms with Crippen molar-refractivity contribution in [2.45, 2.75) is 12.8 Å². The van der Waals surface area contributed by atoms with E-state index in [-0.39, 0.29) is 12.5 Å². The summed E-state index contributed by atoms with van der Waals surface area (Å²) in [6, 6.07) is 11.2. The van der Waals surface area contributed by atoms with Crippen LogP contribution in [0, 0.1) is 0 Å². The van der Waals surface area contributed by atoms with Gasteiger partial charge in [-0.1, -0.05) is 18.2 Å². The maximum Gasteiger partial charge on any atom is 0.339 e. The number of rotatable bonds is 4. The fraction of sp³-hybridized carbons (Fsp3) is 0.190. The number of furan rings is 1. The first kappa shape index (κ1) is 17.0. The minimum absolute atomic E-state index is 0.310. The number of fused-ring (bicyclic) bond motifs is 2. The molecule has 1 aliphatic rings. The summed E-state index contributed by atoms with van der Waals surface area (Å²) >= 11 is 0. The van der Waals surface area contributed by atoms with Crippen LogP contribution in [0.25, 0.3) is 22.6 Å². The molecule has 0 bridgehead atoms. The monoisotopic (exact) mass is 362 g/mol. The van der Waals surface area contributed by atoms with E-state index in [1.54, 1.807) is 6.26 Å². The van der Waals surface area contributed by atoms with Crippen LogP contribution in [0.1, 0.15) is 33.8 Å². The molecule has 1 aromatic carbocycles. The van der Waals surface area contributed by atoms with Crippen LogP contribution in [-0.4, -0.2) is 30.5 Å². The number of nitrogens with zero attached hydrogens (tertiary/aromatic N) is 1. The van der Waals surface area contributed by atoms with Crippen LogP contribution < -0.4 is 5.32 Å². The number of benzene rings is 1. The summed E-state index contributed by atoms with van der Waals surface area (Å²) in [6.07, 6.45) is 5.02. The number of likely N-dealkylation sites (N-methyl/N-ethyl adjacent to an activating group) is 1. The Morgan fingerprint density at radius 3 is 2.85 bits per heavy atom. The highest BCUT2D eigenvalue weighted by Gasteiger charge is 2.28. The van der Waals surface area contributed by atoms with Gasteiger partial charge < -0.3 is 14.5 Å². The standard InChI is InChI=1S/C21H18N2O4/c1-22-18(24)12-27-21(25)19-15-6-2-3-7-17(15)23-20-13(8-9-16(19)20)11-14-5-4-10-26-14/h2-7,10-11H,8-9,12H2,1H3,(H,22,24). The Morgan fingerprint density at radius 2 is 2.07 bits per heavy atom. The van der Waals surface area contributed by atoms with E-state index in [4.69, 9.17) is 14.1 Å². The van der Waals surface area contributed by atoms with Gasteiger partial charge in [-0.3, -0.25) is 4.79 Å². The van der Waals surface area contributed by atoms with Gasteiger partial charge in [0.25, 0.3) is 5.91 Å². The zero-order valence-electron chi connectivity index (χ0n) is 14.8. The lowest BCUT2D eigenvalue weighted by Crippen LogP contribution is -2.25. The normalized spacial score (nSPS) is 14.3. The number of pyridine rings is 1. The molecule has 4 rings (SSSR count). The molecule has 27 heavy (non-hydrogen) atoms. The molecule has 6 nitrogen and oxygen atoms in total. The molecule has 136 valence electrons. The summed E-state index contributed by atoms with van der Waals surface area (Å²) in [7, 11) is 1.50. The van der Waals surface area contributed by atoms with Crippen molar-refractivity contribution in [3.05, 3.63) is 65.2 Å². The van der Waals surface area contributed by atoms with Crippen molar-refractivity contribution in [3.8, 4) is 0 Å². The van der Waals surface area contributed by atoms with Crippen molar-refractivity contribution >= 4 is 34.4 Å². The van der Waals surface area contributed by atoms with Gasteiger partial charge in [0.1, 0.15) is 5.76 Å². The highest BCUT2D eigenvalue weighted by molar-refractivity contribution is 6.07. The Kier molecular flexibility index (Phi) is 4.46. The number of esters is 1. The first-order valence-corrected chi connectivity index (χ1v) is 8.71. The zero-order chi connectivity index (χ0) is 18.8. The fourth-order valence-electron chi connectivity index (χ4n) is 3.33. The van der Waals surface area contributed by atoms with E-state index in [9.17, 15) is 9.59 Å². The average Bonchev–Trinajstić information content (AvgIpc) is 3.34. The van der Waals surface area contributed by atoms with E-state index in [1.165, 1.54) is 7.05 Å². The predicted octanol–water partition coefficient (Wildman–Crippen LogP) is 3.22. The maximum atomic E-state index is 12.8. The topological polar surface area (TPSA) is 81.4 Å². The number of amides is 1. The van der Waals surface area contributed by atoms with Gasteiger partial charge in [-0.25, -0.2) is 9.78 Å². The Balaban J connectivity index is 1.81.